The van der Waals surface area contributed by atoms with Gasteiger partial charge in [-0.1, -0.05) is 12.1 Å². The highest BCUT2D eigenvalue weighted by molar-refractivity contribution is 8.00. The standard InChI is InChI=1S/C14H19N3O2S/c15-13(18)9-20-12-6-2-1-5-11(12)14(19)17-8-10-4-3-7-16-10/h1-2,5-6,10,16H,3-4,7-9H2,(H2,15,18)(H,17,19). The molecule has 0 aliphatic carbocycles. The molecule has 1 aliphatic heterocycles. The normalized spacial score (nSPS) is 17.9. The van der Waals surface area contributed by atoms with Crippen LogP contribution >= 0.6 is 11.8 Å². The molecule has 6 heteroatoms. The average Bonchev–Trinajstić information content (AvgIpc) is 2.96. The van der Waals surface area contributed by atoms with E-state index >= 15 is 0 Å². The van der Waals surface area contributed by atoms with Crippen LogP contribution in [0.4, 0.5) is 0 Å². The van der Waals surface area contributed by atoms with Gasteiger partial charge in [0.1, 0.15) is 0 Å². The molecule has 1 fully saturated rings. The van der Waals surface area contributed by atoms with Crippen LogP contribution in [0.15, 0.2) is 29.2 Å². The molecule has 1 unspecified atom stereocenters. The van der Waals surface area contributed by atoms with E-state index in [0.717, 1.165) is 24.3 Å². The molecule has 1 aromatic carbocycles. The van der Waals surface area contributed by atoms with Gasteiger partial charge in [-0.25, -0.2) is 0 Å². The molecule has 2 amide bonds. The van der Waals surface area contributed by atoms with E-state index in [1.165, 1.54) is 11.8 Å². The van der Waals surface area contributed by atoms with Gasteiger partial charge in [0.25, 0.3) is 5.91 Å². The third-order valence-corrected chi connectivity index (χ3v) is 4.27. The molecule has 0 bridgehead atoms. The van der Waals surface area contributed by atoms with Crippen LogP contribution in [0.5, 0.6) is 0 Å². The molecule has 20 heavy (non-hydrogen) atoms. The lowest BCUT2D eigenvalue weighted by atomic mass is 10.2. The number of primary amides is 1. The third kappa shape index (κ3) is 4.25. The van der Waals surface area contributed by atoms with Gasteiger partial charge in [-0.3, -0.25) is 9.59 Å². The fourth-order valence-corrected chi connectivity index (χ4v) is 2.96. The molecule has 2 rings (SSSR count). The number of hydrogen-bond donors (Lipinski definition) is 3. The number of thioether (sulfide) groups is 1. The predicted molar refractivity (Wildman–Crippen MR) is 79.7 cm³/mol. The number of hydrogen-bond acceptors (Lipinski definition) is 4. The summed E-state index contributed by atoms with van der Waals surface area (Å²) >= 11 is 1.29. The van der Waals surface area contributed by atoms with Crippen molar-refractivity contribution >= 4 is 23.6 Å². The van der Waals surface area contributed by atoms with E-state index < -0.39 is 0 Å². The molecule has 5 nitrogen and oxygen atoms in total. The quantitative estimate of drug-likeness (QED) is 0.676. The summed E-state index contributed by atoms with van der Waals surface area (Å²) in [5.41, 5.74) is 5.73. The van der Waals surface area contributed by atoms with E-state index in [9.17, 15) is 9.59 Å². The number of carbonyl (C=O) groups excluding carboxylic acids is 2. The van der Waals surface area contributed by atoms with Crippen molar-refractivity contribution < 1.29 is 9.59 Å². The summed E-state index contributed by atoms with van der Waals surface area (Å²) in [7, 11) is 0. The zero-order valence-corrected chi connectivity index (χ0v) is 12.0. The average molecular weight is 293 g/mol. The second-order valence-electron chi connectivity index (χ2n) is 4.75. The monoisotopic (exact) mass is 293 g/mol. The molecule has 108 valence electrons. The van der Waals surface area contributed by atoms with Crippen molar-refractivity contribution in [3.05, 3.63) is 29.8 Å². The van der Waals surface area contributed by atoms with Gasteiger partial charge in [0.2, 0.25) is 5.91 Å². The molecule has 1 heterocycles. The molecule has 4 N–H and O–H groups in total. The number of nitrogens with one attached hydrogen (secondary N) is 2. The van der Waals surface area contributed by atoms with Gasteiger partial charge in [0, 0.05) is 17.5 Å². The Bertz CT molecular complexity index is 487. The van der Waals surface area contributed by atoms with Crippen molar-refractivity contribution in [1.29, 1.82) is 0 Å². The Kier molecular flexibility index (Phi) is 5.43. The van der Waals surface area contributed by atoms with Crippen LogP contribution in [0, 0.1) is 0 Å². The summed E-state index contributed by atoms with van der Waals surface area (Å²) in [5.74, 6) is -0.319. The zero-order chi connectivity index (χ0) is 14.4. The number of benzene rings is 1. The van der Waals surface area contributed by atoms with E-state index in [-0.39, 0.29) is 17.6 Å². The summed E-state index contributed by atoms with van der Waals surface area (Å²) in [6, 6.07) is 7.62. The lowest BCUT2D eigenvalue weighted by Gasteiger charge is -2.13. The molecule has 1 aliphatic rings. The lowest BCUT2D eigenvalue weighted by molar-refractivity contribution is -0.115. The highest BCUT2D eigenvalue weighted by Crippen LogP contribution is 2.22. The van der Waals surface area contributed by atoms with Crippen molar-refractivity contribution in [2.24, 2.45) is 5.73 Å². The van der Waals surface area contributed by atoms with Crippen LogP contribution in [0.2, 0.25) is 0 Å². The molecule has 0 spiro atoms. The van der Waals surface area contributed by atoms with Crippen LogP contribution in [0.1, 0.15) is 23.2 Å². The fourth-order valence-electron chi connectivity index (χ4n) is 2.17. The highest BCUT2D eigenvalue weighted by atomic mass is 32.2. The molecular formula is C14H19N3O2S. The minimum Gasteiger partial charge on any atom is -0.369 e. The number of amides is 2. The maximum absolute atomic E-state index is 12.2. The summed E-state index contributed by atoms with van der Waals surface area (Å²) in [6.45, 7) is 1.65. The molecule has 1 aromatic rings. The van der Waals surface area contributed by atoms with Crippen LogP contribution in [0.25, 0.3) is 0 Å². The molecule has 0 radical (unpaired) electrons. The van der Waals surface area contributed by atoms with E-state index in [2.05, 4.69) is 10.6 Å². The largest absolute Gasteiger partial charge is 0.369 e. The summed E-state index contributed by atoms with van der Waals surface area (Å²) in [5, 5.41) is 6.27. The highest BCUT2D eigenvalue weighted by Gasteiger charge is 2.16. The van der Waals surface area contributed by atoms with Gasteiger partial charge in [0.15, 0.2) is 0 Å². The van der Waals surface area contributed by atoms with Crippen molar-refractivity contribution in [2.45, 2.75) is 23.8 Å². The van der Waals surface area contributed by atoms with Crippen LogP contribution in [0.3, 0.4) is 0 Å². The van der Waals surface area contributed by atoms with Gasteiger partial charge in [0.05, 0.1) is 11.3 Å². The Balaban J connectivity index is 1.95. The first kappa shape index (κ1) is 14.9. The van der Waals surface area contributed by atoms with Gasteiger partial charge in [-0.2, -0.15) is 0 Å². The summed E-state index contributed by atoms with van der Waals surface area (Å²) < 4.78 is 0. The SMILES string of the molecule is NC(=O)CSc1ccccc1C(=O)NCC1CCCN1. The summed E-state index contributed by atoms with van der Waals surface area (Å²) in [6.07, 6.45) is 2.25. The van der Waals surface area contributed by atoms with Gasteiger partial charge < -0.3 is 16.4 Å². The van der Waals surface area contributed by atoms with E-state index in [4.69, 9.17) is 5.73 Å². The Morgan fingerprint density at radius 2 is 2.20 bits per heavy atom. The second-order valence-corrected chi connectivity index (χ2v) is 5.77. The van der Waals surface area contributed by atoms with Crippen molar-refractivity contribution in [3.63, 3.8) is 0 Å². The van der Waals surface area contributed by atoms with Crippen molar-refractivity contribution in [1.82, 2.24) is 10.6 Å². The number of rotatable bonds is 6. The van der Waals surface area contributed by atoms with Gasteiger partial charge in [-0.05, 0) is 31.5 Å². The minimum absolute atomic E-state index is 0.105. The Morgan fingerprint density at radius 3 is 2.90 bits per heavy atom. The van der Waals surface area contributed by atoms with E-state index in [1.54, 1.807) is 6.07 Å². The molecule has 1 saturated heterocycles. The van der Waals surface area contributed by atoms with Crippen molar-refractivity contribution in [2.75, 3.05) is 18.8 Å². The lowest BCUT2D eigenvalue weighted by Crippen LogP contribution is -2.37. The minimum atomic E-state index is -0.389. The Labute approximate surface area is 122 Å². The predicted octanol–water partition coefficient (Wildman–Crippen LogP) is 0.746. The van der Waals surface area contributed by atoms with Crippen LogP contribution in [-0.2, 0) is 4.79 Å². The molecule has 1 atom stereocenters. The topological polar surface area (TPSA) is 84.2 Å². The fraction of sp³-hybridized carbons (Fsp3) is 0.429. The first-order valence-electron chi connectivity index (χ1n) is 6.68. The van der Waals surface area contributed by atoms with Crippen LogP contribution < -0.4 is 16.4 Å². The second kappa shape index (κ2) is 7.31. The smallest absolute Gasteiger partial charge is 0.252 e. The number of nitrogens with two attached hydrogens (primary N) is 1. The Morgan fingerprint density at radius 1 is 1.40 bits per heavy atom. The first-order valence-corrected chi connectivity index (χ1v) is 7.67. The van der Waals surface area contributed by atoms with Crippen LogP contribution in [-0.4, -0.2) is 36.7 Å². The first-order chi connectivity index (χ1) is 9.66. The van der Waals surface area contributed by atoms with Gasteiger partial charge in [-0.15, -0.1) is 11.8 Å². The molecule has 0 aromatic heterocycles. The number of carbonyl (C=O) groups is 2. The Hall–Kier alpha value is -1.53. The maximum atomic E-state index is 12.2. The summed E-state index contributed by atoms with van der Waals surface area (Å²) in [4.78, 5) is 23.8. The third-order valence-electron chi connectivity index (χ3n) is 3.17. The van der Waals surface area contributed by atoms with Gasteiger partial charge >= 0.3 is 0 Å². The molecule has 0 saturated carbocycles. The zero-order valence-electron chi connectivity index (χ0n) is 11.2. The van der Waals surface area contributed by atoms with E-state index in [0.29, 0.717) is 18.2 Å². The van der Waals surface area contributed by atoms with E-state index in [1.807, 2.05) is 18.2 Å². The maximum Gasteiger partial charge on any atom is 0.252 e. The van der Waals surface area contributed by atoms with Crippen molar-refractivity contribution in [3.8, 4) is 0 Å². The molecular weight excluding hydrogens is 274 g/mol.